The highest BCUT2D eigenvalue weighted by Crippen LogP contribution is 2.55. The van der Waals surface area contributed by atoms with Crippen LogP contribution in [0.4, 0.5) is 0 Å². The quantitative estimate of drug-likeness (QED) is 0.774. The van der Waals surface area contributed by atoms with Crippen molar-refractivity contribution in [3.05, 3.63) is 11.9 Å². The summed E-state index contributed by atoms with van der Waals surface area (Å²) in [6, 6.07) is 0. The largest absolute Gasteiger partial charge is 0.383 e. The van der Waals surface area contributed by atoms with Crippen molar-refractivity contribution in [2.24, 2.45) is 5.41 Å². The van der Waals surface area contributed by atoms with Gasteiger partial charge in [0.1, 0.15) is 5.60 Å². The van der Waals surface area contributed by atoms with E-state index in [4.69, 9.17) is 0 Å². The zero-order valence-corrected chi connectivity index (χ0v) is 8.99. The molecule has 1 N–H and O–H groups in total. The van der Waals surface area contributed by atoms with E-state index in [9.17, 15) is 5.11 Å². The van der Waals surface area contributed by atoms with Crippen molar-refractivity contribution in [1.82, 2.24) is 15.0 Å². The van der Waals surface area contributed by atoms with E-state index in [0.29, 0.717) is 0 Å². The van der Waals surface area contributed by atoms with Gasteiger partial charge in [-0.05, 0) is 25.2 Å². The number of nitrogens with zero attached hydrogens (tertiary/aromatic N) is 3. The van der Waals surface area contributed by atoms with Crippen molar-refractivity contribution in [3.63, 3.8) is 0 Å². The van der Waals surface area contributed by atoms with Gasteiger partial charge in [0.25, 0.3) is 0 Å². The predicted molar refractivity (Wildman–Crippen MR) is 52.6 cm³/mol. The van der Waals surface area contributed by atoms with Gasteiger partial charge in [0.15, 0.2) is 0 Å². The zero-order valence-electron chi connectivity index (χ0n) is 8.99. The Bertz CT molecular complexity index is 345. The Morgan fingerprint density at radius 3 is 2.64 bits per heavy atom. The molecule has 1 atom stereocenters. The third kappa shape index (κ3) is 1.03. The summed E-state index contributed by atoms with van der Waals surface area (Å²) in [5, 5.41) is 18.3. The lowest BCUT2D eigenvalue weighted by atomic mass is 9.57. The minimum absolute atomic E-state index is 0.0539. The van der Waals surface area contributed by atoms with Crippen LogP contribution in [0, 0.1) is 5.41 Å². The smallest absolute Gasteiger partial charge is 0.113 e. The SMILES string of the molecule is CCn1nncc1C1(O)CCC1(C)C. The number of rotatable bonds is 2. The lowest BCUT2D eigenvalue weighted by Gasteiger charge is -2.52. The average Bonchev–Trinajstić information content (AvgIpc) is 2.62. The summed E-state index contributed by atoms with van der Waals surface area (Å²) in [6.07, 6.45) is 3.55. The maximum Gasteiger partial charge on any atom is 0.113 e. The number of aliphatic hydroxyl groups is 1. The van der Waals surface area contributed by atoms with Crippen LogP contribution in [-0.4, -0.2) is 20.1 Å². The molecule has 1 saturated carbocycles. The van der Waals surface area contributed by atoms with E-state index in [1.54, 1.807) is 10.9 Å². The summed E-state index contributed by atoms with van der Waals surface area (Å²) in [7, 11) is 0. The molecule has 0 amide bonds. The lowest BCUT2D eigenvalue weighted by molar-refractivity contribution is -0.161. The first-order valence-corrected chi connectivity index (χ1v) is 5.12. The van der Waals surface area contributed by atoms with Crippen LogP contribution in [0.5, 0.6) is 0 Å². The van der Waals surface area contributed by atoms with Crippen molar-refractivity contribution >= 4 is 0 Å². The Morgan fingerprint density at radius 1 is 1.50 bits per heavy atom. The number of hydrogen-bond donors (Lipinski definition) is 1. The molecule has 0 spiro atoms. The highest BCUT2D eigenvalue weighted by Gasteiger charge is 2.54. The Labute approximate surface area is 83.9 Å². The standard InChI is InChI=1S/C10H17N3O/c1-4-13-8(7-11-12-13)10(14)6-5-9(10,2)3/h7,14H,4-6H2,1-3H3. The normalized spacial score (nSPS) is 30.0. The molecule has 4 heteroatoms. The average molecular weight is 195 g/mol. The summed E-state index contributed by atoms with van der Waals surface area (Å²) in [5.41, 5.74) is 0.0741. The van der Waals surface area contributed by atoms with Crippen LogP contribution in [0.1, 0.15) is 39.3 Å². The fourth-order valence-corrected chi connectivity index (χ4v) is 2.15. The molecule has 1 heterocycles. The molecule has 0 aromatic carbocycles. The summed E-state index contributed by atoms with van der Waals surface area (Å²) >= 11 is 0. The molecule has 1 fully saturated rings. The van der Waals surface area contributed by atoms with E-state index >= 15 is 0 Å². The number of hydrogen-bond acceptors (Lipinski definition) is 3. The van der Waals surface area contributed by atoms with Gasteiger partial charge in [-0.15, -0.1) is 5.10 Å². The van der Waals surface area contributed by atoms with Crippen molar-refractivity contribution in [1.29, 1.82) is 0 Å². The van der Waals surface area contributed by atoms with Gasteiger partial charge in [-0.2, -0.15) is 0 Å². The van der Waals surface area contributed by atoms with Gasteiger partial charge in [0.05, 0.1) is 11.9 Å². The second-order valence-corrected chi connectivity index (χ2v) is 4.68. The van der Waals surface area contributed by atoms with Gasteiger partial charge in [-0.25, -0.2) is 4.68 Å². The molecule has 0 aliphatic heterocycles. The van der Waals surface area contributed by atoms with E-state index in [-0.39, 0.29) is 5.41 Å². The minimum atomic E-state index is -0.730. The van der Waals surface area contributed by atoms with Crippen LogP contribution in [-0.2, 0) is 12.1 Å². The molecule has 0 saturated heterocycles. The minimum Gasteiger partial charge on any atom is -0.383 e. The van der Waals surface area contributed by atoms with Crippen molar-refractivity contribution < 1.29 is 5.11 Å². The molecule has 4 nitrogen and oxygen atoms in total. The first kappa shape index (κ1) is 9.65. The van der Waals surface area contributed by atoms with Crippen LogP contribution in [0.3, 0.4) is 0 Å². The molecular formula is C10H17N3O. The topological polar surface area (TPSA) is 50.9 Å². The van der Waals surface area contributed by atoms with Crippen molar-refractivity contribution in [3.8, 4) is 0 Å². The second-order valence-electron chi connectivity index (χ2n) is 4.68. The molecule has 1 aromatic rings. The lowest BCUT2D eigenvalue weighted by Crippen LogP contribution is -2.52. The van der Waals surface area contributed by atoms with Crippen molar-refractivity contribution in [2.45, 2.75) is 45.8 Å². The van der Waals surface area contributed by atoms with Crippen molar-refractivity contribution in [2.75, 3.05) is 0 Å². The third-order valence-corrected chi connectivity index (χ3v) is 3.57. The fraction of sp³-hybridized carbons (Fsp3) is 0.800. The van der Waals surface area contributed by atoms with E-state index in [0.717, 1.165) is 25.1 Å². The predicted octanol–water partition coefficient (Wildman–Crippen LogP) is 1.31. The van der Waals surface area contributed by atoms with Gasteiger partial charge in [0.2, 0.25) is 0 Å². The Morgan fingerprint density at radius 2 is 2.21 bits per heavy atom. The van der Waals surface area contributed by atoms with Crippen LogP contribution in [0.2, 0.25) is 0 Å². The summed E-state index contributed by atoms with van der Waals surface area (Å²) < 4.78 is 1.78. The van der Waals surface area contributed by atoms with Gasteiger partial charge >= 0.3 is 0 Å². The first-order chi connectivity index (χ1) is 6.51. The molecular weight excluding hydrogens is 178 g/mol. The molecule has 1 aromatic heterocycles. The molecule has 0 bridgehead atoms. The van der Waals surface area contributed by atoms with E-state index in [1.165, 1.54) is 0 Å². The molecule has 1 unspecified atom stereocenters. The van der Waals surface area contributed by atoms with Crippen LogP contribution in [0.15, 0.2) is 6.20 Å². The Hall–Kier alpha value is -0.900. The summed E-state index contributed by atoms with van der Waals surface area (Å²) in [5.74, 6) is 0. The molecule has 1 aliphatic rings. The molecule has 78 valence electrons. The van der Waals surface area contributed by atoms with E-state index < -0.39 is 5.60 Å². The van der Waals surface area contributed by atoms with Gasteiger partial charge in [-0.1, -0.05) is 19.1 Å². The zero-order chi connectivity index (χ0) is 10.4. The summed E-state index contributed by atoms with van der Waals surface area (Å²) in [4.78, 5) is 0. The number of aromatic nitrogens is 3. The maximum absolute atomic E-state index is 10.5. The van der Waals surface area contributed by atoms with Gasteiger partial charge in [0, 0.05) is 6.54 Å². The molecule has 2 rings (SSSR count). The van der Waals surface area contributed by atoms with Gasteiger partial charge < -0.3 is 5.11 Å². The first-order valence-electron chi connectivity index (χ1n) is 5.12. The molecule has 0 radical (unpaired) electrons. The Kier molecular flexibility index (Phi) is 1.93. The second kappa shape index (κ2) is 2.79. The maximum atomic E-state index is 10.5. The fourth-order valence-electron chi connectivity index (χ4n) is 2.15. The highest BCUT2D eigenvalue weighted by atomic mass is 16.3. The summed E-state index contributed by atoms with van der Waals surface area (Å²) in [6.45, 7) is 6.94. The monoisotopic (exact) mass is 195 g/mol. The Balaban J connectivity index is 2.40. The number of aryl methyl sites for hydroxylation is 1. The van der Waals surface area contributed by atoms with Crippen LogP contribution in [0.25, 0.3) is 0 Å². The molecule has 1 aliphatic carbocycles. The van der Waals surface area contributed by atoms with Crippen LogP contribution < -0.4 is 0 Å². The molecule has 14 heavy (non-hydrogen) atoms. The van der Waals surface area contributed by atoms with E-state index in [2.05, 4.69) is 24.2 Å². The van der Waals surface area contributed by atoms with E-state index in [1.807, 2.05) is 6.92 Å². The van der Waals surface area contributed by atoms with Gasteiger partial charge in [-0.3, -0.25) is 0 Å². The van der Waals surface area contributed by atoms with Crippen LogP contribution >= 0.6 is 0 Å². The highest BCUT2D eigenvalue weighted by molar-refractivity contribution is 5.18. The third-order valence-electron chi connectivity index (χ3n) is 3.57.